The monoisotopic (exact) mass is 348 g/mol. The second-order valence-electron chi connectivity index (χ2n) is 5.68. The minimum Gasteiger partial charge on any atom is -0.438 e. The number of aromatic nitrogens is 2. The van der Waals surface area contributed by atoms with Crippen LogP contribution < -0.4 is 9.46 Å². The van der Waals surface area contributed by atoms with Gasteiger partial charge in [0.15, 0.2) is 0 Å². The van der Waals surface area contributed by atoms with Crippen molar-refractivity contribution in [2.75, 3.05) is 20.1 Å². The summed E-state index contributed by atoms with van der Waals surface area (Å²) in [6.07, 6.45) is 5.39. The Kier molecular flexibility index (Phi) is 5.08. The van der Waals surface area contributed by atoms with Crippen LogP contribution in [0.5, 0.6) is 11.6 Å². The Morgan fingerprint density at radius 2 is 2.08 bits per heavy atom. The Labute approximate surface area is 141 Å². The number of nitrogens with one attached hydrogen (secondary N) is 1. The van der Waals surface area contributed by atoms with Crippen LogP contribution in [-0.4, -0.2) is 48.7 Å². The molecule has 24 heavy (non-hydrogen) atoms. The summed E-state index contributed by atoms with van der Waals surface area (Å²) in [5.74, 6) is 1.14. The van der Waals surface area contributed by atoms with Gasteiger partial charge in [-0.1, -0.05) is 12.1 Å². The van der Waals surface area contributed by atoms with Gasteiger partial charge in [-0.2, -0.15) is 0 Å². The molecule has 1 aromatic carbocycles. The predicted octanol–water partition coefficient (Wildman–Crippen LogP) is 1.39. The first kappa shape index (κ1) is 16.8. The molecule has 7 nitrogen and oxygen atoms in total. The summed E-state index contributed by atoms with van der Waals surface area (Å²) < 4.78 is 31.7. The van der Waals surface area contributed by atoms with Gasteiger partial charge >= 0.3 is 0 Å². The molecule has 1 aromatic heterocycles. The molecule has 0 spiro atoms. The summed E-state index contributed by atoms with van der Waals surface area (Å²) in [7, 11) is -1.72. The standard InChI is InChI=1S/C16H20N4O3S/c1-17-24(21,22)15-6-9-20(12-15)11-13-2-4-14(5-3-13)23-16-10-18-7-8-19-16/h2-5,7-8,10,15,17H,6,9,11-12H2,1H3. The summed E-state index contributed by atoms with van der Waals surface area (Å²) in [5, 5.41) is -0.332. The van der Waals surface area contributed by atoms with Gasteiger partial charge in [0.05, 0.1) is 11.4 Å². The van der Waals surface area contributed by atoms with Crippen molar-refractivity contribution in [1.29, 1.82) is 0 Å². The molecule has 1 atom stereocenters. The van der Waals surface area contributed by atoms with Crippen molar-refractivity contribution in [3.05, 3.63) is 48.4 Å². The molecule has 1 aliphatic heterocycles. The molecule has 8 heteroatoms. The van der Waals surface area contributed by atoms with Crippen LogP contribution in [0.15, 0.2) is 42.9 Å². The number of rotatable bonds is 6. The maximum Gasteiger partial charge on any atom is 0.237 e. The van der Waals surface area contributed by atoms with Crippen molar-refractivity contribution >= 4 is 10.0 Å². The topological polar surface area (TPSA) is 84.4 Å². The van der Waals surface area contributed by atoms with E-state index in [-0.39, 0.29) is 5.25 Å². The van der Waals surface area contributed by atoms with Gasteiger partial charge in [0.2, 0.25) is 15.9 Å². The van der Waals surface area contributed by atoms with Crippen LogP contribution in [0, 0.1) is 0 Å². The zero-order valence-corrected chi connectivity index (χ0v) is 14.2. The first-order valence-corrected chi connectivity index (χ1v) is 9.29. The molecule has 1 saturated heterocycles. The smallest absolute Gasteiger partial charge is 0.237 e. The summed E-state index contributed by atoms with van der Waals surface area (Å²) in [5.41, 5.74) is 1.11. The normalized spacial score (nSPS) is 18.6. The SMILES string of the molecule is CNS(=O)(=O)C1CCN(Cc2ccc(Oc3cnccn3)cc2)C1. The second kappa shape index (κ2) is 7.25. The highest BCUT2D eigenvalue weighted by Gasteiger charge is 2.31. The lowest BCUT2D eigenvalue weighted by molar-refractivity contribution is 0.331. The third kappa shape index (κ3) is 4.08. The van der Waals surface area contributed by atoms with E-state index in [2.05, 4.69) is 19.6 Å². The van der Waals surface area contributed by atoms with Crippen molar-refractivity contribution in [1.82, 2.24) is 19.6 Å². The summed E-state index contributed by atoms with van der Waals surface area (Å²) in [6, 6.07) is 7.71. The molecule has 2 aromatic rings. The van der Waals surface area contributed by atoms with E-state index in [1.807, 2.05) is 24.3 Å². The Morgan fingerprint density at radius 3 is 2.75 bits per heavy atom. The first-order chi connectivity index (χ1) is 11.6. The van der Waals surface area contributed by atoms with E-state index in [1.54, 1.807) is 18.6 Å². The van der Waals surface area contributed by atoms with E-state index in [9.17, 15) is 8.42 Å². The fourth-order valence-electron chi connectivity index (χ4n) is 2.74. The molecule has 0 amide bonds. The van der Waals surface area contributed by atoms with Crippen molar-refractivity contribution in [2.24, 2.45) is 0 Å². The summed E-state index contributed by atoms with van der Waals surface area (Å²) in [6.45, 7) is 2.06. The fraction of sp³-hybridized carbons (Fsp3) is 0.375. The zero-order valence-electron chi connectivity index (χ0n) is 13.4. The number of sulfonamides is 1. The van der Waals surface area contributed by atoms with Gasteiger partial charge in [-0.05, 0) is 37.7 Å². The number of hydrogen-bond acceptors (Lipinski definition) is 6. The lowest BCUT2D eigenvalue weighted by Gasteiger charge is -2.16. The van der Waals surface area contributed by atoms with Crippen LogP contribution in [0.1, 0.15) is 12.0 Å². The molecule has 3 rings (SSSR count). The molecule has 1 fully saturated rings. The highest BCUT2D eigenvalue weighted by atomic mass is 32.2. The van der Waals surface area contributed by atoms with Gasteiger partial charge in [0.25, 0.3) is 0 Å². The molecular weight excluding hydrogens is 328 g/mol. The molecule has 1 N–H and O–H groups in total. The van der Waals surface area contributed by atoms with Crippen LogP contribution in [0.2, 0.25) is 0 Å². The van der Waals surface area contributed by atoms with Crippen LogP contribution in [0.25, 0.3) is 0 Å². The average molecular weight is 348 g/mol. The minimum absolute atomic E-state index is 0.332. The molecule has 0 aliphatic carbocycles. The first-order valence-electron chi connectivity index (χ1n) is 7.74. The predicted molar refractivity (Wildman–Crippen MR) is 90.2 cm³/mol. The van der Waals surface area contributed by atoms with Gasteiger partial charge in [-0.15, -0.1) is 0 Å². The molecule has 128 valence electrons. The number of ether oxygens (including phenoxy) is 1. The molecule has 0 radical (unpaired) electrons. The average Bonchev–Trinajstić information content (AvgIpc) is 3.07. The van der Waals surface area contributed by atoms with E-state index in [0.29, 0.717) is 24.6 Å². The number of likely N-dealkylation sites (tertiary alicyclic amines) is 1. The van der Waals surface area contributed by atoms with E-state index >= 15 is 0 Å². The maximum atomic E-state index is 11.9. The Balaban J connectivity index is 1.57. The van der Waals surface area contributed by atoms with E-state index < -0.39 is 10.0 Å². The van der Waals surface area contributed by atoms with Crippen molar-refractivity contribution in [3.8, 4) is 11.6 Å². The minimum atomic E-state index is -3.19. The molecular formula is C16H20N4O3S. The van der Waals surface area contributed by atoms with Crippen LogP contribution in [-0.2, 0) is 16.6 Å². The van der Waals surface area contributed by atoms with Crippen LogP contribution in [0.4, 0.5) is 0 Å². The summed E-state index contributed by atoms with van der Waals surface area (Å²) >= 11 is 0. The lowest BCUT2D eigenvalue weighted by atomic mass is 10.2. The fourth-order valence-corrected chi connectivity index (χ4v) is 3.90. The number of benzene rings is 1. The van der Waals surface area contributed by atoms with Gasteiger partial charge < -0.3 is 4.74 Å². The van der Waals surface area contributed by atoms with Crippen LogP contribution >= 0.6 is 0 Å². The Hall–Kier alpha value is -2.03. The van der Waals surface area contributed by atoms with Crippen LogP contribution in [0.3, 0.4) is 0 Å². The van der Waals surface area contributed by atoms with Gasteiger partial charge in [-0.3, -0.25) is 9.88 Å². The van der Waals surface area contributed by atoms with Crippen molar-refractivity contribution in [3.63, 3.8) is 0 Å². The molecule has 0 bridgehead atoms. The maximum absolute atomic E-state index is 11.9. The number of nitrogens with zero attached hydrogens (tertiary/aromatic N) is 3. The third-order valence-electron chi connectivity index (χ3n) is 4.04. The quantitative estimate of drug-likeness (QED) is 0.849. The molecule has 1 unspecified atom stereocenters. The number of hydrogen-bond donors (Lipinski definition) is 1. The second-order valence-corrected chi connectivity index (χ2v) is 7.85. The van der Waals surface area contributed by atoms with E-state index in [0.717, 1.165) is 18.7 Å². The van der Waals surface area contributed by atoms with E-state index in [4.69, 9.17) is 4.74 Å². The lowest BCUT2D eigenvalue weighted by Crippen LogP contribution is -2.34. The van der Waals surface area contributed by atoms with Gasteiger partial charge in [0, 0.05) is 25.5 Å². The van der Waals surface area contributed by atoms with Crippen molar-refractivity contribution < 1.29 is 13.2 Å². The largest absolute Gasteiger partial charge is 0.438 e. The van der Waals surface area contributed by atoms with Gasteiger partial charge in [-0.25, -0.2) is 18.1 Å². The van der Waals surface area contributed by atoms with Crippen molar-refractivity contribution in [2.45, 2.75) is 18.2 Å². The third-order valence-corrected chi connectivity index (χ3v) is 5.88. The molecule has 2 heterocycles. The summed E-state index contributed by atoms with van der Waals surface area (Å²) in [4.78, 5) is 10.2. The Bertz CT molecular complexity index is 766. The molecule has 0 saturated carbocycles. The van der Waals surface area contributed by atoms with Gasteiger partial charge in [0.1, 0.15) is 5.75 Å². The highest BCUT2D eigenvalue weighted by Crippen LogP contribution is 2.22. The Morgan fingerprint density at radius 1 is 1.29 bits per heavy atom. The zero-order chi connectivity index (χ0) is 17.0. The van der Waals surface area contributed by atoms with E-state index in [1.165, 1.54) is 7.05 Å². The highest BCUT2D eigenvalue weighted by molar-refractivity contribution is 7.90. The molecule has 1 aliphatic rings.